The van der Waals surface area contributed by atoms with E-state index in [2.05, 4.69) is 5.32 Å². The van der Waals surface area contributed by atoms with Crippen molar-refractivity contribution in [2.24, 2.45) is 11.8 Å². The first-order valence-corrected chi connectivity index (χ1v) is 14.7. The maximum absolute atomic E-state index is 13.5. The maximum atomic E-state index is 13.5. The van der Waals surface area contributed by atoms with Gasteiger partial charge in [0.2, 0.25) is 10.0 Å². The Morgan fingerprint density at radius 3 is 2.47 bits per heavy atom. The average Bonchev–Trinajstić information content (AvgIpc) is 3.52. The van der Waals surface area contributed by atoms with Crippen LogP contribution in [0.25, 0.3) is 0 Å². The number of hydrogen-bond acceptors (Lipinski definition) is 7. The van der Waals surface area contributed by atoms with Gasteiger partial charge in [-0.1, -0.05) is 62.4 Å². The number of benzene rings is 2. The molecule has 10 heteroatoms. The molecule has 0 bridgehead atoms. The Kier molecular flexibility index (Phi) is 9.78. The Balaban J connectivity index is 1.50. The molecular formula is C28H38N2O7S. The molecule has 2 aliphatic rings. The van der Waals surface area contributed by atoms with Crippen LogP contribution in [0.5, 0.6) is 0 Å². The number of alkyl carbamates (subject to hydrolysis) is 1. The SMILES string of the molecule is CC(C)CCN(C[C@@H](O)[C@H](Cc1ccccc1)NC(=O)OC1COC2OCCC12)S(=O)(=O)c1ccccc1. The van der Waals surface area contributed by atoms with Crippen LogP contribution in [0.15, 0.2) is 65.6 Å². The number of rotatable bonds is 12. The predicted molar refractivity (Wildman–Crippen MR) is 142 cm³/mol. The number of nitrogens with one attached hydrogen (secondary N) is 1. The Morgan fingerprint density at radius 2 is 1.79 bits per heavy atom. The molecule has 0 aromatic heterocycles. The summed E-state index contributed by atoms with van der Waals surface area (Å²) >= 11 is 0. The molecule has 0 radical (unpaired) electrons. The first-order chi connectivity index (χ1) is 18.2. The van der Waals surface area contributed by atoms with Gasteiger partial charge >= 0.3 is 6.09 Å². The van der Waals surface area contributed by atoms with Gasteiger partial charge < -0.3 is 24.6 Å². The fraction of sp³-hybridized carbons (Fsp3) is 0.536. The van der Waals surface area contributed by atoms with Gasteiger partial charge in [-0.2, -0.15) is 4.31 Å². The Labute approximate surface area is 225 Å². The van der Waals surface area contributed by atoms with Gasteiger partial charge in [-0.05, 0) is 42.9 Å². The lowest BCUT2D eigenvalue weighted by Crippen LogP contribution is -2.51. The first kappa shape index (κ1) is 28.5. The monoisotopic (exact) mass is 546 g/mol. The molecule has 3 unspecified atom stereocenters. The largest absolute Gasteiger partial charge is 0.443 e. The third-order valence-electron chi connectivity index (χ3n) is 7.04. The third-order valence-corrected chi connectivity index (χ3v) is 8.92. The summed E-state index contributed by atoms with van der Waals surface area (Å²) in [5.41, 5.74) is 0.893. The number of sulfonamides is 1. The minimum atomic E-state index is -3.86. The number of hydrogen-bond donors (Lipinski definition) is 2. The highest BCUT2D eigenvalue weighted by atomic mass is 32.2. The molecule has 38 heavy (non-hydrogen) atoms. The van der Waals surface area contributed by atoms with Gasteiger partial charge in [-0.25, -0.2) is 13.2 Å². The van der Waals surface area contributed by atoms with E-state index in [1.165, 1.54) is 4.31 Å². The molecule has 2 N–H and O–H groups in total. The molecule has 0 saturated carbocycles. The highest BCUT2D eigenvalue weighted by Crippen LogP contribution is 2.33. The van der Waals surface area contributed by atoms with Crippen LogP contribution in [0.4, 0.5) is 4.79 Å². The van der Waals surface area contributed by atoms with Gasteiger partial charge in [0.05, 0.1) is 36.2 Å². The lowest BCUT2D eigenvalue weighted by atomic mass is 10.0. The van der Waals surface area contributed by atoms with Crippen LogP contribution < -0.4 is 5.32 Å². The topological polar surface area (TPSA) is 114 Å². The van der Waals surface area contributed by atoms with Crippen molar-refractivity contribution in [2.45, 2.75) is 62.5 Å². The van der Waals surface area contributed by atoms with Crippen molar-refractivity contribution < 1.29 is 32.5 Å². The number of ether oxygens (including phenoxy) is 3. The summed E-state index contributed by atoms with van der Waals surface area (Å²) in [6.45, 7) is 4.93. The molecule has 9 nitrogen and oxygen atoms in total. The highest BCUT2D eigenvalue weighted by molar-refractivity contribution is 7.89. The zero-order valence-electron chi connectivity index (χ0n) is 21.9. The van der Waals surface area contributed by atoms with Crippen LogP contribution >= 0.6 is 0 Å². The minimum absolute atomic E-state index is 0.0132. The van der Waals surface area contributed by atoms with Crippen molar-refractivity contribution >= 4 is 16.1 Å². The summed E-state index contributed by atoms with van der Waals surface area (Å²) in [5, 5.41) is 14.2. The molecule has 2 fully saturated rings. The molecule has 2 aromatic carbocycles. The number of carbonyl (C=O) groups is 1. The van der Waals surface area contributed by atoms with Crippen LogP contribution in [0.1, 0.15) is 32.3 Å². The quantitative estimate of drug-likeness (QED) is 0.420. The third kappa shape index (κ3) is 7.33. The number of aliphatic hydroxyl groups is 1. The number of fused-ring (bicyclic) bond motifs is 1. The highest BCUT2D eigenvalue weighted by Gasteiger charge is 2.44. The average molecular weight is 547 g/mol. The van der Waals surface area contributed by atoms with E-state index in [4.69, 9.17) is 14.2 Å². The van der Waals surface area contributed by atoms with Gasteiger partial charge in [0.1, 0.15) is 6.10 Å². The molecule has 2 heterocycles. The molecule has 208 valence electrons. The Morgan fingerprint density at radius 1 is 1.11 bits per heavy atom. The second-order valence-electron chi connectivity index (χ2n) is 10.3. The molecule has 4 rings (SSSR count). The van der Waals surface area contributed by atoms with Crippen molar-refractivity contribution in [1.82, 2.24) is 9.62 Å². The van der Waals surface area contributed by atoms with Crippen LogP contribution in [0.3, 0.4) is 0 Å². The van der Waals surface area contributed by atoms with Crippen molar-refractivity contribution in [3.8, 4) is 0 Å². The van der Waals surface area contributed by atoms with Crippen LogP contribution in [-0.4, -0.2) is 74.8 Å². The van der Waals surface area contributed by atoms with Gasteiger partial charge in [0.25, 0.3) is 0 Å². The van der Waals surface area contributed by atoms with Crippen LogP contribution in [0.2, 0.25) is 0 Å². The van der Waals surface area contributed by atoms with E-state index >= 15 is 0 Å². The molecule has 2 aliphatic heterocycles. The first-order valence-electron chi connectivity index (χ1n) is 13.2. The van der Waals surface area contributed by atoms with Gasteiger partial charge in [-0.15, -0.1) is 0 Å². The number of amides is 1. The zero-order chi connectivity index (χ0) is 27.1. The summed E-state index contributed by atoms with van der Waals surface area (Å²) in [7, 11) is -3.86. The van der Waals surface area contributed by atoms with Gasteiger partial charge in [-0.3, -0.25) is 0 Å². The summed E-state index contributed by atoms with van der Waals surface area (Å²) in [5.74, 6) is 0.256. The lowest BCUT2D eigenvalue weighted by Gasteiger charge is -2.30. The minimum Gasteiger partial charge on any atom is -0.443 e. The molecule has 2 aromatic rings. The van der Waals surface area contributed by atoms with Gasteiger partial charge in [0, 0.05) is 13.1 Å². The smallest absolute Gasteiger partial charge is 0.407 e. The van der Waals surface area contributed by atoms with Gasteiger partial charge in [0.15, 0.2) is 6.29 Å². The predicted octanol–water partition coefficient (Wildman–Crippen LogP) is 3.18. The number of nitrogens with zero attached hydrogens (tertiary/aromatic N) is 1. The summed E-state index contributed by atoms with van der Waals surface area (Å²) in [4.78, 5) is 13.1. The standard InChI is InChI=1S/C28H38N2O7S/c1-20(2)13-15-30(38(33,34)22-11-7-4-8-12-22)18-25(31)24(17-21-9-5-3-6-10-21)29-28(32)37-26-19-36-27-23(26)14-16-35-27/h3-12,20,23-27,31H,13-19H2,1-2H3,(H,29,32)/t23?,24-,25+,26?,27?/m0/s1. The maximum Gasteiger partial charge on any atom is 0.407 e. The van der Waals surface area contributed by atoms with E-state index in [0.29, 0.717) is 19.4 Å². The van der Waals surface area contributed by atoms with E-state index in [1.54, 1.807) is 30.3 Å². The second kappa shape index (κ2) is 13.0. The Bertz CT molecular complexity index is 1130. The normalized spacial score (nSPS) is 22.8. The molecule has 0 spiro atoms. The van der Waals surface area contributed by atoms with E-state index in [9.17, 15) is 18.3 Å². The fourth-order valence-corrected chi connectivity index (χ4v) is 6.30. The summed E-state index contributed by atoms with van der Waals surface area (Å²) in [6.07, 6.45) is -0.961. The fourth-order valence-electron chi connectivity index (χ4n) is 4.81. The number of aliphatic hydroxyl groups excluding tert-OH is 1. The molecule has 1 amide bonds. The van der Waals surface area contributed by atoms with Crippen molar-refractivity contribution in [1.29, 1.82) is 0 Å². The van der Waals surface area contributed by atoms with E-state index < -0.39 is 34.4 Å². The van der Waals surface area contributed by atoms with E-state index in [1.807, 2.05) is 44.2 Å². The Hall–Kier alpha value is -2.50. The van der Waals surface area contributed by atoms with Crippen LogP contribution in [0, 0.1) is 11.8 Å². The van der Waals surface area contributed by atoms with Crippen molar-refractivity contribution in [2.75, 3.05) is 26.3 Å². The lowest BCUT2D eigenvalue weighted by molar-refractivity contribution is -0.0907. The summed E-state index contributed by atoms with van der Waals surface area (Å²) < 4.78 is 45.0. The van der Waals surface area contributed by atoms with E-state index in [-0.39, 0.29) is 42.7 Å². The van der Waals surface area contributed by atoms with Crippen molar-refractivity contribution in [3.05, 3.63) is 66.2 Å². The molecular weight excluding hydrogens is 508 g/mol. The second-order valence-corrected chi connectivity index (χ2v) is 12.3. The zero-order valence-corrected chi connectivity index (χ0v) is 22.8. The number of carbonyl (C=O) groups excluding carboxylic acids is 1. The van der Waals surface area contributed by atoms with E-state index in [0.717, 1.165) is 12.0 Å². The molecule has 5 atom stereocenters. The molecule has 2 saturated heterocycles. The summed E-state index contributed by atoms with van der Waals surface area (Å²) in [6, 6.07) is 16.8. The van der Waals surface area contributed by atoms with Crippen molar-refractivity contribution in [3.63, 3.8) is 0 Å². The van der Waals surface area contributed by atoms with Crippen LogP contribution in [-0.2, 0) is 30.7 Å². The molecule has 0 aliphatic carbocycles.